The van der Waals surface area contributed by atoms with Crippen LogP contribution in [0.1, 0.15) is 0 Å². The molecule has 5 nitrogen and oxygen atoms in total. The van der Waals surface area contributed by atoms with Crippen LogP contribution in [0.25, 0.3) is 15.7 Å². The second kappa shape index (κ2) is 2.76. The van der Waals surface area contributed by atoms with Gasteiger partial charge in [0.2, 0.25) is 10.1 Å². The molecule has 3 heterocycles. The lowest BCUT2D eigenvalue weighted by Gasteiger charge is -1.88. The molecule has 0 fully saturated rings. The van der Waals surface area contributed by atoms with Gasteiger partial charge < -0.3 is 5.73 Å². The molecule has 70 valence electrons. The lowest BCUT2D eigenvalue weighted by Crippen LogP contribution is -1.90. The Morgan fingerprint density at radius 3 is 3.07 bits per heavy atom. The molecule has 14 heavy (non-hydrogen) atoms. The fourth-order valence-corrected chi connectivity index (χ4v) is 2.49. The van der Waals surface area contributed by atoms with Gasteiger partial charge in [0.25, 0.3) is 0 Å². The van der Waals surface area contributed by atoms with Gasteiger partial charge in [-0.05, 0) is 11.4 Å². The van der Waals surface area contributed by atoms with Crippen LogP contribution in [0.4, 0.5) is 5.13 Å². The molecule has 0 aliphatic rings. The summed E-state index contributed by atoms with van der Waals surface area (Å²) in [4.78, 5) is 1.77. The minimum atomic E-state index is 0.507. The lowest BCUT2D eigenvalue weighted by atomic mass is 10.4. The van der Waals surface area contributed by atoms with E-state index in [4.69, 9.17) is 5.73 Å². The highest BCUT2D eigenvalue weighted by molar-refractivity contribution is 7.20. The number of hydrogen-bond donors (Lipinski definition) is 1. The second-order valence-electron chi connectivity index (χ2n) is 2.64. The number of nitrogen functional groups attached to an aromatic ring is 1. The predicted octanol–water partition coefficient (Wildman–Crippen LogP) is 1.50. The van der Waals surface area contributed by atoms with Crippen LogP contribution in [-0.2, 0) is 0 Å². The van der Waals surface area contributed by atoms with Crippen molar-refractivity contribution < 1.29 is 0 Å². The maximum absolute atomic E-state index is 5.58. The Balaban J connectivity index is 2.31. The molecule has 2 N–H and O–H groups in total. The Morgan fingerprint density at radius 1 is 1.36 bits per heavy atom. The maximum Gasteiger partial charge on any atom is 0.236 e. The SMILES string of the molecule is Nc1nn2c(-c3cccs3)nnc2s1. The Bertz CT molecular complexity index is 564. The average molecular weight is 223 g/mol. The van der Waals surface area contributed by atoms with E-state index in [-0.39, 0.29) is 0 Å². The van der Waals surface area contributed by atoms with Crippen molar-refractivity contribution in [2.75, 3.05) is 5.73 Å². The number of thiophene rings is 1. The molecule has 7 heteroatoms. The highest BCUT2D eigenvalue weighted by Gasteiger charge is 2.12. The third-order valence-electron chi connectivity index (χ3n) is 1.75. The second-order valence-corrected chi connectivity index (χ2v) is 4.57. The number of anilines is 1. The number of hydrogen-bond acceptors (Lipinski definition) is 6. The van der Waals surface area contributed by atoms with Gasteiger partial charge in [-0.15, -0.1) is 26.6 Å². The van der Waals surface area contributed by atoms with Crippen molar-refractivity contribution in [1.82, 2.24) is 19.8 Å². The van der Waals surface area contributed by atoms with Gasteiger partial charge in [-0.2, -0.15) is 4.52 Å². The molecule has 3 aromatic heterocycles. The van der Waals surface area contributed by atoms with E-state index in [2.05, 4.69) is 15.3 Å². The summed E-state index contributed by atoms with van der Waals surface area (Å²) in [5.74, 6) is 0.753. The molecule has 0 aliphatic carbocycles. The van der Waals surface area contributed by atoms with E-state index in [9.17, 15) is 0 Å². The van der Waals surface area contributed by atoms with Crippen LogP contribution in [0.3, 0.4) is 0 Å². The minimum Gasteiger partial charge on any atom is -0.374 e. The third-order valence-corrected chi connectivity index (χ3v) is 3.34. The third kappa shape index (κ3) is 1.03. The van der Waals surface area contributed by atoms with Gasteiger partial charge in [0, 0.05) is 0 Å². The molecule has 0 unspecified atom stereocenters. The Kier molecular flexibility index (Phi) is 1.55. The van der Waals surface area contributed by atoms with E-state index in [1.807, 2.05) is 17.5 Å². The number of nitrogens with zero attached hydrogens (tertiary/aromatic N) is 4. The van der Waals surface area contributed by atoms with Gasteiger partial charge in [-0.25, -0.2) is 0 Å². The van der Waals surface area contributed by atoms with Crippen LogP contribution >= 0.6 is 22.7 Å². The van der Waals surface area contributed by atoms with Crippen LogP contribution in [0.5, 0.6) is 0 Å². The van der Waals surface area contributed by atoms with Crippen molar-refractivity contribution in [3.63, 3.8) is 0 Å². The molecule has 0 saturated heterocycles. The van der Waals surface area contributed by atoms with Gasteiger partial charge in [0.1, 0.15) is 0 Å². The molecule has 0 atom stereocenters. The molecule has 3 rings (SSSR count). The van der Waals surface area contributed by atoms with Crippen molar-refractivity contribution in [3.8, 4) is 10.7 Å². The zero-order valence-corrected chi connectivity index (χ0v) is 8.55. The van der Waals surface area contributed by atoms with Gasteiger partial charge in [0.15, 0.2) is 5.82 Å². The normalized spacial score (nSPS) is 11.1. The molecule has 0 aromatic carbocycles. The van der Waals surface area contributed by atoms with Gasteiger partial charge in [-0.3, -0.25) is 0 Å². The summed E-state index contributed by atoms with van der Waals surface area (Å²) in [7, 11) is 0. The largest absolute Gasteiger partial charge is 0.374 e. The smallest absolute Gasteiger partial charge is 0.236 e. The molecule has 3 aromatic rings. The number of nitrogens with two attached hydrogens (primary N) is 1. The summed E-state index contributed by atoms with van der Waals surface area (Å²) in [5, 5.41) is 14.7. The van der Waals surface area contributed by atoms with Gasteiger partial charge in [-0.1, -0.05) is 17.4 Å². The van der Waals surface area contributed by atoms with Crippen molar-refractivity contribution in [2.24, 2.45) is 0 Å². The van der Waals surface area contributed by atoms with E-state index in [0.717, 1.165) is 15.7 Å². The molecule has 0 amide bonds. The summed E-state index contributed by atoms with van der Waals surface area (Å²) in [6, 6.07) is 3.95. The first-order valence-electron chi connectivity index (χ1n) is 3.86. The average Bonchev–Trinajstić information content (AvgIpc) is 2.77. The van der Waals surface area contributed by atoms with Gasteiger partial charge in [0.05, 0.1) is 4.88 Å². The Morgan fingerprint density at radius 2 is 2.29 bits per heavy atom. The van der Waals surface area contributed by atoms with Crippen LogP contribution in [-0.4, -0.2) is 19.8 Å². The number of aromatic nitrogens is 4. The first-order valence-corrected chi connectivity index (χ1v) is 5.56. The topological polar surface area (TPSA) is 69.1 Å². The van der Waals surface area contributed by atoms with Crippen LogP contribution < -0.4 is 5.73 Å². The van der Waals surface area contributed by atoms with Crippen LogP contribution in [0.2, 0.25) is 0 Å². The zero-order chi connectivity index (χ0) is 9.54. The van der Waals surface area contributed by atoms with Gasteiger partial charge >= 0.3 is 0 Å². The lowest BCUT2D eigenvalue weighted by molar-refractivity contribution is 0.976. The maximum atomic E-state index is 5.58. The van der Waals surface area contributed by atoms with E-state index in [0.29, 0.717) is 5.13 Å². The summed E-state index contributed by atoms with van der Waals surface area (Å²) in [6.07, 6.45) is 0. The molecular weight excluding hydrogens is 218 g/mol. The molecule has 0 bridgehead atoms. The molecular formula is C7H5N5S2. The van der Waals surface area contributed by atoms with Crippen LogP contribution in [0, 0.1) is 0 Å². The highest BCUT2D eigenvalue weighted by Crippen LogP contribution is 2.25. The number of fused-ring (bicyclic) bond motifs is 1. The molecule has 0 aliphatic heterocycles. The van der Waals surface area contributed by atoms with Crippen molar-refractivity contribution in [2.45, 2.75) is 0 Å². The molecule has 0 radical (unpaired) electrons. The Hall–Kier alpha value is -1.47. The summed E-state index contributed by atoms with van der Waals surface area (Å²) < 4.78 is 1.67. The van der Waals surface area contributed by atoms with Crippen molar-refractivity contribution >= 4 is 32.8 Å². The van der Waals surface area contributed by atoms with E-state index in [1.54, 1.807) is 15.9 Å². The quantitative estimate of drug-likeness (QED) is 0.678. The van der Waals surface area contributed by atoms with Crippen molar-refractivity contribution in [1.29, 1.82) is 0 Å². The zero-order valence-electron chi connectivity index (χ0n) is 6.91. The monoisotopic (exact) mass is 223 g/mol. The van der Waals surface area contributed by atoms with E-state index < -0.39 is 0 Å². The molecule has 0 spiro atoms. The first-order chi connectivity index (χ1) is 6.84. The summed E-state index contributed by atoms with van der Waals surface area (Å²) in [6.45, 7) is 0. The van der Waals surface area contributed by atoms with Crippen LogP contribution in [0.15, 0.2) is 17.5 Å². The standard InChI is InChI=1S/C7H5N5S2/c8-6-11-12-5(4-2-1-3-13-4)9-10-7(12)14-6/h1-3H,(H2,8,11). The number of rotatable bonds is 1. The van der Waals surface area contributed by atoms with E-state index >= 15 is 0 Å². The highest BCUT2D eigenvalue weighted by atomic mass is 32.1. The summed E-state index contributed by atoms with van der Waals surface area (Å²) >= 11 is 2.94. The fourth-order valence-electron chi connectivity index (χ4n) is 1.19. The predicted molar refractivity (Wildman–Crippen MR) is 56.4 cm³/mol. The van der Waals surface area contributed by atoms with E-state index in [1.165, 1.54) is 11.3 Å². The first kappa shape index (κ1) is 7.89. The minimum absolute atomic E-state index is 0.507. The summed E-state index contributed by atoms with van der Waals surface area (Å²) in [5.41, 5.74) is 5.58. The fraction of sp³-hybridized carbons (Fsp3) is 0. The molecule has 0 saturated carbocycles. The van der Waals surface area contributed by atoms with Crippen molar-refractivity contribution in [3.05, 3.63) is 17.5 Å². The Labute approximate surface area is 86.8 Å².